The van der Waals surface area contributed by atoms with E-state index in [9.17, 15) is 9.18 Å². The second-order valence-electron chi connectivity index (χ2n) is 4.75. The molecule has 1 atom stereocenters. The molecule has 0 saturated carbocycles. The number of amides is 1. The number of hydrogen-bond acceptors (Lipinski definition) is 3. The van der Waals surface area contributed by atoms with Crippen LogP contribution in [0.3, 0.4) is 0 Å². The fraction of sp³-hybridized carbons (Fsp3) is 0.500. The average Bonchev–Trinajstić information content (AvgIpc) is 2.92. The summed E-state index contributed by atoms with van der Waals surface area (Å²) in [6, 6.07) is 4.76. The summed E-state index contributed by atoms with van der Waals surface area (Å²) in [5.74, 6) is 0.696. The van der Waals surface area contributed by atoms with E-state index in [4.69, 9.17) is 0 Å². The number of carbonyl (C=O) groups is 1. The minimum Gasteiger partial charge on any atom is -0.352 e. The van der Waals surface area contributed by atoms with Crippen molar-refractivity contribution in [3.63, 3.8) is 0 Å². The molecule has 0 aliphatic carbocycles. The van der Waals surface area contributed by atoms with Crippen molar-refractivity contribution in [3.8, 4) is 0 Å². The Morgan fingerprint density at radius 1 is 1.53 bits per heavy atom. The zero-order valence-electron chi connectivity index (χ0n) is 11.0. The van der Waals surface area contributed by atoms with Gasteiger partial charge in [-0.1, -0.05) is 6.07 Å². The normalized spacial score (nSPS) is 18.5. The topological polar surface area (TPSA) is 41.1 Å². The molecule has 2 N–H and O–H groups in total. The Hall–Kier alpha value is -1.07. The maximum atomic E-state index is 13.2. The van der Waals surface area contributed by atoms with Crippen LogP contribution in [-0.4, -0.2) is 25.3 Å². The van der Waals surface area contributed by atoms with E-state index < -0.39 is 0 Å². The lowest BCUT2D eigenvalue weighted by molar-refractivity contribution is -0.124. The van der Waals surface area contributed by atoms with Gasteiger partial charge in [0.05, 0.1) is 5.92 Å². The maximum Gasteiger partial charge on any atom is 0.224 e. The molecule has 104 valence electrons. The van der Waals surface area contributed by atoms with Crippen LogP contribution in [0.2, 0.25) is 0 Å². The Balaban J connectivity index is 1.96. The molecule has 1 fully saturated rings. The molecule has 1 aromatic carbocycles. The number of halogens is 1. The Bertz CT molecular complexity index is 447. The van der Waals surface area contributed by atoms with Gasteiger partial charge in [0.1, 0.15) is 5.82 Å². The molecule has 1 heterocycles. The van der Waals surface area contributed by atoms with Crippen molar-refractivity contribution in [2.45, 2.75) is 18.7 Å². The smallest absolute Gasteiger partial charge is 0.224 e. The van der Waals surface area contributed by atoms with Crippen molar-refractivity contribution in [3.05, 3.63) is 35.1 Å². The van der Waals surface area contributed by atoms with Crippen molar-refractivity contribution >= 4 is 17.7 Å². The molecule has 1 unspecified atom stereocenters. The zero-order valence-corrected chi connectivity index (χ0v) is 11.9. The molecular formula is C14H19FN2OS. The number of benzene rings is 1. The lowest BCUT2D eigenvalue weighted by atomic mass is 10.1. The van der Waals surface area contributed by atoms with Crippen LogP contribution in [0.5, 0.6) is 0 Å². The quantitative estimate of drug-likeness (QED) is 0.867. The number of hydrogen-bond donors (Lipinski definition) is 2. The fourth-order valence-corrected chi connectivity index (χ4v) is 2.84. The van der Waals surface area contributed by atoms with Gasteiger partial charge in [0.15, 0.2) is 0 Å². The largest absolute Gasteiger partial charge is 0.352 e. The third-order valence-corrected chi connectivity index (χ3v) is 3.95. The Kier molecular flexibility index (Phi) is 5.22. The van der Waals surface area contributed by atoms with Crippen LogP contribution in [0.4, 0.5) is 4.39 Å². The Labute approximate surface area is 117 Å². The number of carbonyl (C=O) groups excluding carboxylic acids is 1. The third kappa shape index (κ3) is 3.94. The Morgan fingerprint density at radius 3 is 3.05 bits per heavy atom. The highest BCUT2D eigenvalue weighted by Crippen LogP contribution is 2.17. The summed E-state index contributed by atoms with van der Waals surface area (Å²) in [6.07, 6.45) is 2.88. The van der Waals surface area contributed by atoms with E-state index in [1.54, 1.807) is 23.9 Å². The van der Waals surface area contributed by atoms with Crippen LogP contribution in [0.15, 0.2) is 18.2 Å². The van der Waals surface area contributed by atoms with Crippen LogP contribution < -0.4 is 10.6 Å². The maximum absolute atomic E-state index is 13.2. The average molecular weight is 282 g/mol. The van der Waals surface area contributed by atoms with Gasteiger partial charge in [-0.15, -0.1) is 0 Å². The van der Waals surface area contributed by atoms with Crippen LogP contribution in [0, 0.1) is 11.7 Å². The first-order chi connectivity index (χ1) is 9.20. The number of nitrogens with one attached hydrogen (secondary N) is 2. The molecule has 5 heteroatoms. The predicted octanol–water partition coefficient (Wildman–Crippen LogP) is 1.91. The summed E-state index contributed by atoms with van der Waals surface area (Å²) in [5.41, 5.74) is 1.95. The van der Waals surface area contributed by atoms with Crippen LogP contribution in [-0.2, 0) is 17.1 Å². The van der Waals surface area contributed by atoms with Gasteiger partial charge < -0.3 is 10.6 Å². The van der Waals surface area contributed by atoms with Gasteiger partial charge in [-0.05, 0) is 42.5 Å². The minimum absolute atomic E-state index is 0.0736. The monoisotopic (exact) mass is 282 g/mol. The minimum atomic E-state index is -0.223. The summed E-state index contributed by atoms with van der Waals surface area (Å²) in [5, 5.41) is 6.13. The number of thioether (sulfide) groups is 1. The second-order valence-corrected chi connectivity index (χ2v) is 5.62. The van der Waals surface area contributed by atoms with Crippen LogP contribution in [0.1, 0.15) is 17.5 Å². The summed E-state index contributed by atoms with van der Waals surface area (Å²) in [7, 11) is 0. The van der Waals surface area contributed by atoms with E-state index in [2.05, 4.69) is 10.6 Å². The molecule has 0 radical (unpaired) electrons. The van der Waals surface area contributed by atoms with Crippen molar-refractivity contribution in [1.29, 1.82) is 0 Å². The van der Waals surface area contributed by atoms with Gasteiger partial charge in [0.25, 0.3) is 0 Å². The lowest BCUT2D eigenvalue weighted by Crippen LogP contribution is -2.31. The van der Waals surface area contributed by atoms with Gasteiger partial charge in [-0.2, -0.15) is 11.8 Å². The van der Waals surface area contributed by atoms with Crippen LogP contribution >= 0.6 is 11.8 Å². The first kappa shape index (κ1) is 14.3. The van der Waals surface area contributed by atoms with Gasteiger partial charge in [-0.25, -0.2) is 4.39 Å². The van der Waals surface area contributed by atoms with Crippen molar-refractivity contribution in [1.82, 2.24) is 10.6 Å². The molecule has 1 aliphatic rings. The molecule has 2 rings (SSSR count). The highest BCUT2D eigenvalue weighted by atomic mass is 32.2. The van der Waals surface area contributed by atoms with Gasteiger partial charge >= 0.3 is 0 Å². The molecule has 1 saturated heterocycles. The summed E-state index contributed by atoms with van der Waals surface area (Å²) in [6.45, 7) is 2.14. The number of rotatable bonds is 5. The van der Waals surface area contributed by atoms with E-state index >= 15 is 0 Å². The molecule has 1 amide bonds. The van der Waals surface area contributed by atoms with Crippen LogP contribution in [0.25, 0.3) is 0 Å². The molecule has 1 aromatic rings. The first-order valence-corrected chi connectivity index (χ1v) is 7.84. The van der Waals surface area contributed by atoms with Crippen molar-refractivity contribution < 1.29 is 9.18 Å². The van der Waals surface area contributed by atoms with E-state index in [1.807, 2.05) is 6.26 Å². The van der Waals surface area contributed by atoms with E-state index in [-0.39, 0.29) is 17.6 Å². The molecule has 19 heavy (non-hydrogen) atoms. The molecule has 3 nitrogen and oxygen atoms in total. The second kappa shape index (κ2) is 6.91. The predicted molar refractivity (Wildman–Crippen MR) is 76.4 cm³/mol. The summed E-state index contributed by atoms with van der Waals surface area (Å²) in [4.78, 5) is 11.9. The fourth-order valence-electron chi connectivity index (χ4n) is 2.26. The van der Waals surface area contributed by atoms with Gasteiger partial charge in [0.2, 0.25) is 5.91 Å². The summed E-state index contributed by atoms with van der Waals surface area (Å²) < 4.78 is 13.2. The van der Waals surface area contributed by atoms with Gasteiger partial charge in [0, 0.05) is 18.8 Å². The standard InChI is InChI=1S/C14H19FN2OS/c1-19-9-12-6-13(15)3-2-10(12)8-17-14(18)11-4-5-16-7-11/h2-3,6,11,16H,4-5,7-9H2,1H3,(H,17,18). The molecular weight excluding hydrogens is 263 g/mol. The molecule has 0 aromatic heterocycles. The van der Waals surface area contributed by atoms with E-state index in [1.165, 1.54) is 6.07 Å². The highest BCUT2D eigenvalue weighted by Gasteiger charge is 2.22. The molecule has 0 spiro atoms. The van der Waals surface area contributed by atoms with E-state index in [0.717, 1.165) is 36.4 Å². The SMILES string of the molecule is CSCc1cc(F)ccc1CNC(=O)C1CCNC1. The summed E-state index contributed by atoms with van der Waals surface area (Å²) >= 11 is 1.65. The first-order valence-electron chi connectivity index (χ1n) is 6.45. The van der Waals surface area contributed by atoms with Gasteiger partial charge in [-0.3, -0.25) is 4.79 Å². The lowest BCUT2D eigenvalue weighted by Gasteiger charge is -2.12. The van der Waals surface area contributed by atoms with Crippen molar-refractivity contribution in [2.24, 2.45) is 5.92 Å². The Morgan fingerprint density at radius 2 is 2.37 bits per heavy atom. The zero-order chi connectivity index (χ0) is 13.7. The van der Waals surface area contributed by atoms with Crippen molar-refractivity contribution in [2.75, 3.05) is 19.3 Å². The highest BCUT2D eigenvalue weighted by molar-refractivity contribution is 7.97. The molecule has 0 bridgehead atoms. The van der Waals surface area contributed by atoms with E-state index in [0.29, 0.717) is 6.54 Å². The third-order valence-electron chi connectivity index (χ3n) is 3.35. The molecule has 1 aliphatic heterocycles.